The van der Waals surface area contributed by atoms with Gasteiger partial charge in [0.1, 0.15) is 0 Å². The summed E-state index contributed by atoms with van der Waals surface area (Å²) in [5, 5.41) is 16.0. The Balaban J connectivity index is 1.51. The first-order valence-corrected chi connectivity index (χ1v) is 12.0. The second-order valence-electron chi connectivity index (χ2n) is 8.04. The summed E-state index contributed by atoms with van der Waals surface area (Å²) in [4.78, 5) is 27.5. The van der Waals surface area contributed by atoms with E-state index < -0.39 is 6.04 Å². The third kappa shape index (κ3) is 5.73. The third-order valence-electron chi connectivity index (χ3n) is 5.64. The minimum absolute atomic E-state index is 0.196. The maximum atomic E-state index is 12.9. The van der Waals surface area contributed by atoms with Gasteiger partial charge in [-0.15, -0.1) is 11.3 Å². The van der Waals surface area contributed by atoms with Gasteiger partial charge in [0, 0.05) is 42.5 Å². The van der Waals surface area contributed by atoms with Crippen molar-refractivity contribution in [3.8, 4) is 11.3 Å². The molecule has 0 aliphatic carbocycles. The number of ether oxygens (including phenoxy) is 1. The summed E-state index contributed by atoms with van der Waals surface area (Å²) in [5.74, 6) is 0.197. The fourth-order valence-corrected chi connectivity index (χ4v) is 4.95. The predicted molar refractivity (Wildman–Crippen MR) is 137 cm³/mol. The van der Waals surface area contributed by atoms with E-state index in [1.54, 1.807) is 19.5 Å². The summed E-state index contributed by atoms with van der Waals surface area (Å²) in [5.41, 5.74) is 10.6. The molecule has 5 N–H and O–H groups in total. The van der Waals surface area contributed by atoms with Crippen LogP contribution in [0.2, 0.25) is 0 Å². The number of aryl methyl sites for hydroxylation is 1. The van der Waals surface area contributed by atoms with Crippen molar-refractivity contribution in [3.05, 3.63) is 74.9 Å². The van der Waals surface area contributed by atoms with Gasteiger partial charge in [-0.2, -0.15) is 0 Å². The van der Waals surface area contributed by atoms with Crippen molar-refractivity contribution >= 4 is 29.4 Å². The molecule has 1 unspecified atom stereocenters. The molecular weight excluding hydrogens is 464 g/mol. The van der Waals surface area contributed by atoms with Crippen molar-refractivity contribution in [1.29, 1.82) is 0 Å². The van der Waals surface area contributed by atoms with Gasteiger partial charge in [0.2, 0.25) is 5.95 Å². The molecule has 0 saturated heterocycles. The number of nitrogens with zero attached hydrogens (tertiary/aromatic N) is 3. The Kier molecular flexibility index (Phi) is 7.86. The molecule has 35 heavy (non-hydrogen) atoms. The molecule has 0 radical (unpaired) electrons. The SMILES string of the molecule is CN=CC(=CN)Nc1nccc(-c2ccc(C(CO)NC(=O)c3cc4c(s3)CCOC4)c(C)c2)n1. The number of nitrogens with one attached hydrogen (secondary N) is 2. The molecule has 1 aliphatic heterocycles. The van der Waals surface area contributed by atoms with Gasteiger partial charge in [0.05, 0.1) is 42.1 Å². The van der Waals surface area contributed by atoms with Crippen molar-refractivity contribution < 1.29 is 14.6 Å². The lowest BCUT2D eigenvalue weighted by molar-refractivity contribution is 0.0919. The molecule has 0 spiro atoms. The van der Waals surface area contributed by atoms with Crippen LogP contribution < -0.4 is 16.4 Å². The average molecular weight is 493 g/mol. The van der Waals surface area contributed by atoms with E-state index in [4.69, 9.17) is 10.5 Å². The van der Waals surface area contributed by atoms with Crippen molar-refractivity contribution in [2.45, 2.75) is 26.0 Å². The molecule has 1 atom stereocenters. The van der Waals surface area contributed by atoms with Crippen LogP contribution in [0.1, 0.15) is 37.3 Å². The van der Waals surface area contributed by atoms with Gasteiger partial charge < -0.3 is 26.2 Å². The number of amides is 1. The molecule has 1 aliphatic rings. The zero-order valence-electron chi connectivity index (χ0n) is 19.6. The summed E-state index contributed by atoms with van der Waals surface area (Å²) in [6.07, 6.45) is 5.46. The number of aliphatic hydroxyl groups excluding tert-OH is 1. The van der Waals surface area contributed by atoms with E-state index in [1.165, 1.54) is 22.4 Å². The first kappa shape index (κ1) is 24.5. The summed E-state index contributed by atoms with van der Waals surface area (Å²) >= 11 is 1.49. The minimum atomic E-state index is -0.528. The summed E-state index contributed by atoms with van der Waals surface area (Å²) in [6.45, 7) is 2.96. The molecule has 10 heteroatoms. The van der Waals surface area contributed by atoms with Crippen molar-refractivity contribution in [2.24, 2.45) is 10.7 Å². The summed E-state index contributed by atoms with van der Waals surface area (Å²) < 4.78 is 5.47. The highest BCUT2D eigenvalue weighted by molar-refractivity contribution is 7.14. The lowest BCUT2D eigenvalue weighted by Crippen LogP contribution is -2.30. The average Bonchev–Trinajstić information content (AvgIpc) is 3.32. The molecular formula is C25H28N6O3S. The van der Waals surface area contributed by atoms with Crippen LogP contribution in [0.15, 0.2) is 53.4 Å². The second kappa shape index (κ2) is 11.2. The number of benzene rings is 1. The van der Waals surface area contributed by atoms with Crippen LogP contribution in [0.3, 0.4) is 0 Å². The number of carbonyl (C=O) groups excluding carboxylic acids is 1. The molecule has 0 fully saturated rings. The number of aliphatic hydroxyl groups is 1. The van der Waals surface area contributed by atoms with Crippen molar-refractivity contribution in [1.82, 2.24) is 15.3 Å². The summed E-state index contributed by atoms with van der Waals surface area (Å²) in [6, 6.07) is 8.97. The zero-order valence-corrected chi connectivity index (χ0v) is 20.4. The molecule has 0 bridgehead atoms. The number of rotatable bonds is 8. The normalized spacial score (nSPS) is 14.5. The Morgan fingerprint density at radius 3 is 2.94 bits per heavy atom. The third-order valence-corrected chi connectivity index (χ3v) is 6.88. The number of nitrogens with two attached hydrogens (primary N) is 1. The predicted octanol–water partition coefficient (Wildman–Crippen LogP) is 2.96. The van der Waals surface area contributed by atoms with E-state index in [0.717, 1.165) is 34.4 Å². The minimum Gasteiger partial charge on any atom is -0.403 e. The number of aromatic nitrogens is 2. The lowest BCUT2D eigenvalue weighted by Gasteiger charge is -2.19. The van der Waals surface area contributed by atoms with Gasteiger partial charge in [0.15, 0.2) is 0 Å². The van der Waals surface area contributed by atoms with Gasteiger partial charge in [-0.1, -0.05) is 12.1 Å². The van der Waals surface area contributed by atoms with E-state index in [0.29, 0.717) is 29.7 Å². The summed E-state index contributed by atoms with van der Waals surface area (Å²) in [7, 11) is 1.65. The maximum absolute atomic E-state index is 12.9. The molecule has 0 saturated carbocycles. The van der Waals surface area contributed by atoms with Gasteiger partial charge in [-0.3, -0.25) is 9.79 Å². The van der Waals surface area contributed by atoms with E-state index in [2.05, 4.69) is 25.6 Å². The van der Waals surface area contributed by atoms with Crippen LogP contribution in [0.5, 0.6) is 0 Å². The number of carbonyl (C=O) groups is 1. The van der Waals surface area contributed by atoms with Crippen LogP contribution in [0.4, 0.5) is 5.95 Å². The van der Waals surface area contributed by atoms with Crippen LogP contribution in [0.25, 0.3) is 11.3 Å². The number of thiophene rings is 1. The van der Waals surface area contributed by atoms with Crippen LogP contribution >= 0.6 is 11.3 Å². The van der Waals surface area contributed by atoms with Crippen LogP contribution in [-0.4, -0.2) is 47.5 Å². The van der Waals surface area contributed by atoms with Crippen LogP contribution in [0, 0.1) is 6.92 Å². The molecule has 3 aromatic rings. The highest BCUT2D eigenvalue weighted by Gasteiger charge is 2.21. The standard InChI is InChI=1S/C25H28N6O3S/c1-15-9-16(20-5-7-28-25(31-20)29-18(11-26)12-27-2)3-4-19(15)21(13-32)30-24(33)23-10-17-14-34-8-6-22(17)35-23/h3-5,7,9-12,21,32H,6,8,13-14,26H2,1-2H3,(H,30,33)(H,28,29,31). The van der Waals surface area contributed by atoms with Crippen LogP contribution in [-0.2, 0) is 17.8 Å². The Labute approximate surface area is 207 Å². The Morgan fingerprint density at radius 1 is 1.37 bits per heavy atom. The molecule has 2 aromatic heterocycles. The number of hydrogen-bond donors (Lipinski definition) is 4. The molecule has 1 amide bonds. The number of anilines is 1. The monoisotopic (exact) mass is 492 g/mol. The van der Waals surface area contributed by atoms with E-state index in [1.807, 2.05) is 37.3 Å². The molecule has 4 rings (SSSR count). The Hall–Kier alpha value is -3.60. The number of hydrogen-bond acceptors (Lipinski definition) is 9. The number of aliphatic imine (C=N–C) groups is 1. The molecule has 9 nitrogen and oxygen atoms in total. The maximum Gasteiger partial charge on any atom is 0.261 e. The van der Waals surface area contributed by atoms with Gasteiger partial charge >= 0.3 is 0 Å². The van der Waals surface area contributed by atoms with E-state index >= 15 is 0 Å². The molecule has 3 heterocycles. The first-order chi connectivity index (χ1) is 17.0. The highest BCUT2D eigenvalue weighted by atomic mass is 32.1. The fourth-order valence-electron chi connectivity index (χ4n) is 3.90. The van der Waals surface area contributed by atoms with Gasteiger partial charge in [-0.25, -0.2) is 9.97 Å². The molecule has 1 aromatic carbocycles. The fraction of sp³-hybridized carbons (Fsp3) is 0.280. The molecule has 182 valence electrons. The largest absolute Gasteiger partial charge is 0.403 e. The topological polar surface area (TPSA) is 135 Å². The van der Waals surface area contributed by atoms with E-state index in [-0.39, 0.29) is 12.5 Å². The van der Waals surface area contributed by atoms with Crippen molar-refractivity contribution in [3.63, 3.8) is 0 Å². The second-order valence-corrected chi connectivity index (χ2v) is 9.18. The first-order valence-electron chi connectivity index (χ1n) is 11.2. The number of fused-ring (bicyclic) bond motifs is 1. The quantitative estimate of drug-likeness (QED) is 0.355. The van der Waals surface area contributed by atoms with Gasteiger partial charge in [-0.05, 0) is 41.8 Å². The smallest absolute Gasteiger partial charge is 0.261 e. The van der Waals surface area contributed by atoms with E-state index in [9.17, 15) is 9.90 Å². The Morgan fingerprint density at radius 2 is 2.23 bits per heavy atom. The van der Waals surface area contributed by atoms with Gasteiger partial charge in [0.25, 0.3) is 5.91 Å². The Bertz CT molecular complexity index is 1250. The highest BCUT2D eigenvalue weighted by Crippen LogP contribution is 2.29. The lowest BCUT2D eigenvalue weighted by atomic mass is 9.98. The zero-order chi connectivity index (χ0) is 24.8. The number of allylic oxidation sites excluding steroid dienone is 1. The van der Waals surface area contributed by atoms with Crippen molar-refractivity contribution in [2.75, 3.05) is 25.6 Å².